The summed E-state index contributed by atoms with van der Waals surface area (Å²) in [5.74, 6) is 0.0686. The molecule has 184 valence electrons. The SMILES string of the molecule is NCCCCc1ccc(OC[C@@H]2C[C@@H](CC(=O)O)C(=O)N2CCCCOc2ccccc2)cc1. The van der Waals surface area contributed by atoms with E-state index in [2.05, 4.69) is 12.1 Å². The molecular weight excluding hydrogens is 432 g/mol. The molecule has 0 spiro atoms. The highest BCUT2D eigenvalue weighted by molar-refractivity contribution is 5.85. The second kappa shape index (κ2) is 13.6. The van der Waals surface area contributed by atoms with Gasteiger partial charge in [-0.05, 0) is 74.9 Å². The molecule has 1 aliphatic rings. The monoisotopic (exact) mass is 468 g/mol. The van der Waals surface area contributed by atoms with Crippen LogP contribution in [0, 0.1) is 5.92 Å². The van der Waals surface area contributed by atoms with Gasteiger partial charge in [-0.3, -0.25) is 9.59 Å². The van der Waals surface area contributed by atoms with Crippen molar-refractivity contribution in [2.45, 2.75) is 51.0 Å². The van der Waals surface area contributed by atoms with Gasteiger partial charge in [0.2, 0.25) is 5.91 Å². The number of carboxylic acids is 1. The lowest BCUT2D eigenvalue weighted by Gasteiger charge is -2.25. The van der Waals surface area contributed by atoms with Gasteiger partial charge >= 0.3 is 5.97 Å². The smallest absolute Gasteiger partial charge is 0.304 e. The highest BCUT2D eigenvalue weighted by Crippen LogP contribution is 2.28. The molecule has 0 aliphatic carbocycles. The van der Waals surface area contributed by atoms with Crippen molar-refractivity contribution in [1.82, 2.24) is 4.90 Å². The largest absolute Gasteiger partial charge is 0.494 e. The Hall–Kier alpha value is -3.06. The predicted molar refractivity (Wildman–Crippen MR) is 131 cm³/mol. The van der Waals surface area contributed by atoms with Crippen molar-refractivity contribution in [3.8, 4) is 11.5 Å². The number of unbranched alkanes of at least 4 members (excludes halogenated alkanes) is 2. The molecule has 1 fully saturated rings. The first-order valence-electron chi connectivity index (χ1n) is 12.2. The van der Waals surface area contributed by atoms with Crippen molar-refractivity contribution in [3.05, 3.63) is 60.2 Å². The van der Waals surface area contributed by atoms with Crippen LogP contribution in [0.15, 0.2) is 54.6 Å². The van der Waals surface area contributed by atoms with Gasteiger partial charge < -0.3 is 25.2 Å². The number of para-hydroxylation sites is 1. The van der Waals surface area contributed by atoms with Gasteiger partial charge in [0, 0.05) is 6.54 Å². The van der Waals surface area contributed by atoms with Gasteiger partial charge in [0.25, 0.3) is 0 Å². The number of carboxylic acid groups (broad SMARTS) is 1. The van der Waals surface area contributed by atoms with E-state index in [1.54, 1.807) is 4.90 Å². The fourth-order valence-corrected chi connectivity index (χ4v) is 4.31. The highest BCUT2D eigenvalue weighted by Gasteiger charge is 2.40. The van der Waals surface area contributed by atoms with Gasteiger partial charge in [-0.2, -0.15) is 0 Å². The second-order valence-electron chi connectivity index (χ2n) is 8.79. The Morgan fingerprint density at radius 3 is 2.41 bits per heavy atom. The lowest BCUT2D eigenvalue weighted by atomic mass is 10.0. The molecule has 0 radical (unpaired) electrons. The van der Waals surface area contributed by atoms with E-state index in [-0.39, 0.29) is 18.4 Å². The zero-order valence-corrected chi connectivity index (χ0v) is 19.7. The van der Waals surface area contributed by atoms with Crippen LogP contribution in [-0.2, 0) is 16.0 Å². The fraction of sp³-hybridized carbons (Fsp3) is 0.481. The zero-order chi connectivity index (χ0) is 24.2. The molecular formula is C27H36N2O5. The van der Waals surface area contributed by atoms with Crippen LogP contribution in [-0.4, -0.2) is 54.2 Å². The minimum atomic E-state index is -0.943. The Morgan fingerprint density at radius 1 is 0.971 bits per heavy atom. The molecule has 0 aromatic heterocycles. The number of hydrogen-bond donors (Lipinski definition) is 2. The minimum absolute atomic E-state index is 0.0878. The van der Waals surface area contributed by atoms with E-state index in [1.165, 1.54) is 5.56 Å². The number of carbonyl (C=O) groups is 2. The van der Waals surface area contributed by atoms with Crippen LogP contribution in [0.25, 0.3) is 0 Å². The number of likely N-dealkylation sites (tertiary alicyclic amines) is 1. The molecule has 1 aliphatic heterocycles. The van der Waals surface area contributed by atoms with E-state index in [0.29, 0.717) is 32.7 Å². The van der Waals surface area contributed by atoms with Crippen molar-refractivity contribution in [1.29, 1.82) is 0 Å². The van der Waals surface area contributed by atoms with Crippen molar-refractivity contribution in [2.24, 2.45) is 11.7 Å². The first kappa shape index (κ1) is 25.6. The summed E-state index contributed by atoms with van der Waals surface area (Å²) in [6.07, 6.45) is 5.03. The Kier molecular flexibility index (Phi) is 10.2. The molecule has 1 saturated heterocycles. The van der Waals surface area contributed by atoms with Crippen molar-refractivity contribution in [3.63, 3.8) is 0 Å². The lowest BCUT2D eigenvalue weighted by molar-refractivity contribution is -0.142. The third-order valence-corrected chi connectivity index (χ3v) is 6.14. The number of carbonyl (C=O) groups excluding carboxylic acids is 1. The fourth-order valence-electron chi connectivity index (χ4n) is 4.31. The van der Waals surface area contributed by atoms with Gasteiger partial charge in [0.05, 0.1) is 25.0 Å². The molecule has 2 aromatic rings. The number of nitrogens with zero attached hydrogens (tertiary/aromatic N) is 1. The number of aliphatic carboxylic acids is 1. The molecule has 3 N–H and O–H groups in total. The summed E-state index contributed by atoms with van der Waals surface area (Å²) in [5.41, 5.74) is 6.80. The van der Waals surface area contributed by atoms with Crippen molar-refractivity contribution >= 4 is 11.9 Å². The molecule has 2 aromatic carbocycles. The number of aryl methyl sites for hydroxylation is 1. The number of ether oxygens (including phenoxy) is 2. The normalized spacial score (nSPS) is 17.7. The van der Waals surface area contributed by atoms with Crippen LogP contribution in [0.5, 0.6) is 11.5 Å². The molecule has 7 heteroatoms. The van der Waals surface area contributed by atoms with Gasteiger partial charge in [-0.15, -0.1) is 0 Å². The number of amides is 1. The average molecular weight is 469 g/mol. The maximum atomic E-state index is 12.9. The molecule has 0 saturated carbocycles. The topological polar surface area (TPSA) is 102 Å². The number of rotatable bonds is 15. The first-order chi connectivity index (χ1) is 16.6. The molecule has 2 atom stereocenters. The number of benzene rings is 2. The Morgan fingerprint density at radius 2 is 1.71 bits per heavy atom. The van der Waals surface area contributed by atoms with E-state index < -0.39 is 11.9 Å². The Balaban J connectivity index is 1.49. The molecule has 34 heavy (non-hydrogen) atoms. The zero-order valence-electron chi connectivity index (χ0n) is 19.7. The van der Waals surface area contributed by atoms with E-state index in [4.69, 9.17) is 15.2 Å². The second-order valence-corrected chi connectivity index (χ2v) is 8.79. The van der Waals surface area contributed by atoms with E-state index in [9.17, 15) is 14.7 Å². The van der Waals surface area contributed by atoms with Crippen LogP contribution in [0.1, 0.15) is 44.1 Å². The maximum absolute atomic E-state index is 12.9. The van der Waals surface area contributed by atoms with E-state index in [1.807, 2.05) is 42.5 Å². The number of nitrogens with two attached hydrogens (primary N) is 1. The van der Waals surface area contributed by atoms with E-state index in [0.717, 1.165) is 43.6 Å². The molecule has 0 unspecified atom stereocenters. The highest BCUT2D eigenvalue weighted by atomic mass is 16.5. The molecule has 3 rings (SSSR count). The third kappa shape index (κ3) is 8.06. The van der Waals surface area contributed by atoms with Gasteiger partial charge in [0.1, 0.15) is 18.1 Å². The summed E-state index contributed by atoms with van der Waals surface area (Å²) in [4.78, 5) is 25.9. The first-order valence-corrected chi connectivity index (χ1v) is 12.2. The van der Waals surface area contributed by atoms with Crippen LogP contribution in [0.2, 0.25) is 0 Å². The summed E-state index contributed by atoms with van der Waals surface area (Å²) in [6.45, 7) is 2.21. The molecule has 7 nitrogen and oxygen atoms in total. The van der Waals surface area contributed by atoms with Crippen molar-refractivity contribution in [2.75, 3.05) is 26.3 Å². The third-order valence-electron chi connectivity index (χ3n) is 6.14. The maximum Gasteiger partial charge on any atom is 0.304 e. The van der Waals surface area contributed by atoms with Gasteiger partial charge in [-0.1, -0.05) is 30.3 Å². The van der Waals surface area contributed by atoms with Gasteiger partial charge in [-0.25, -0.2) is 0 Å². The van der Waals surface area contributed by atoms with Crippen LogP contribution >= 0.6 is 0 Å². The quantitative estimate of drug-likeness (QED) is 0.385. The number of hydrogen-bond acceptors (Lipinski definition) is 5. The average Bonchev–Trinajstić information content (AvgIpc) is 3.13. The van der Waals surface area contributed by atoms with Crippen molar-refractivity contribution < 1.29 is 24.2 Å². The predicted octanol–water partition coefficient (Wildman–Crippen LogP) is 3.90. The van der Waals surface area contributed by atoms with Crippen LogP contribution in [0.4, 0.5) is 0 Å². The summed E-state index contributed by atoms with van der Waals surface area (Å²) in [6, 6.07) is 17.5. The van der Waals surface area contributed by atoms with Crippen LogP contribution < -0.4 is 15.2 Å². The Labute approximate surface area is 201 Å². The Bertz CT molecular complexity index is 888. The minimum Gasteiger partial charge on any atom is -0.494 e. The summed E-state index contributed by atoms with van der Waals surface area (Å²) < 4.78 is 11.7. The van der Waals surface area contributed by atoms with Crippen LogP contribution in [0.3, 0.4) is 0 Å². The molecule has 0 bridgehead atoms. The molecule has 1 heterocycles. The summed E-state index contributed by atoms with van der Waals surface area (Å²) in [5, 5.41) is 9.20. The summed E-state index contributed by atoms with van der Waals surface area (Å²) in [7, 11) is 0. The van der Waals surface area contributed by atoms with Gasteiger partial charge in [0.15, 0.2) is 0 Å². The standard InChI is InChI=1S/C27H36N2O5/c28-15-5-4-8-21-11-13-25(14-12-21)34-20-23-18-22(19-26(30)31)27(32)29(23)16-6-7-17-33-24-9-2-1-3-10-24/h1-3,9-14,22-23H,4-8,15-20,28H2,(H,30,31)/t22-,23-/m0/s1. The summed E-state index contributed by atoms with van der Waals surface area (Å²) >= 11 is 0. The van der Waals surface area contributed by atoms with E-state index >= 15 is 0 Å². The molecule has 1 amide bonds. The lowest BCUT2D eigenvalue weighted by Crippen LogP contribution is -2.38.